The summed E-state index contributed by atoms with van der Waals surface area (Å²) in [7, 11) is 1.61. The Morgan fingerprint density at radius 2 is 1.75 bits per heavy atom. The molecule has 0 heterocycles. The highest BCUT2D eigenvalue weighted by atomic mass is 15.3. The number of nitrogens with zero attached hydrogens (tertiary/aromatic N) is 2. The van der Waals surface area contributed by atoms with Crippen molar-refractivity contribution in [3.63, 3.8) is 0 Å². The van der Waals surface area contributed by atoms with E-state index >= 15 is 0 Å². The summed E-state index contributed by atoms with van der Waals surface area (Å²) < 4.78 is 0. The van der Waals surface area contributed by atoms with Crippen molar-refractivity contribution in [1.82, 2.24) is 4.90 Å². The molecular weight excluding hydrogens is 202 g/mol. The van der Waals surface area contributed by atoms with Gasteiger partial charge in [0.2, 0.25) is 5.96 Å². The fourth-order valence-electron chi connectivity index (χ4n) is 1.29. The SMILES string of the molecule is Cc1cccc(C)c1N=C(N)N(C)C(=N)N. The molecule has 1 aromatic rings. The first-order chi connectivity index (χ1) is 7.43. The molecule has 16 heavy (non-hydrogen) atoms. The molecule has 0 aliphatic rings. The second-order valence-corrected chi connectivity index (χ2v) is 3.65. The third-order valence-electron chi connectivity index (χ3n) is 2.37. The van der Waals surface area contributed by atoms with Crippen LogP contribution < -0.4 is 11.5 Å². The minimum Gasteiger partial charge on any atom is -0.370 e. The molecule has 0 aliphatic carbocycles. The summed E-state index contributed by atoms with van der Waals surface area (Å²) in [6, 6.07) is 5.90. The maximum atomic E-state index is 7.25. The minimum atomic E-state index is -0.132. The van der Waals surface area contributed by atoms with Gasteiger partial charge in [-0.25, -0.2) is 4.99 Å². The van der Waals surface area contributed by atoms with Gasteiger partial charge in [0.25, 0.3) is 0 Å². The van der Waals surface area contributed by atoms with Crippen molar-refractivity contribution < 1.29 is 0 Å². The number of para-hydroxylation sites is 1. The van der Waals surface area contributed by atoms with Gasteiger partial charge in [-0.3, -0.25) is 10.3 Å². The maximum Gasteiger partial charge on any atom is 0.203 e. The Kier molecular flexibility index (Phi) is 3.50. The van der Waals surface area contributed by atoms with Gasteiger partial charge in [-0.2, -0.15) is 0 Å². The standard InChI is InChI=1S/C11H17N5/c1-7-5-4-6-8(2)9(7)15-11(14)16(3)10(12)13/h4-6H,1-3H3,(H3,12,13)(H2,14,15). The Morgan fingerprint density at radius 1 is 1.25 bits per heavy atom. The van der Waals surface area contributed by atoms with Crippen LogP contribution in [0.3, 0.4) is 0 Å². The number of aliphatic imine (C=N–C) groups is 1. The Bertz CT molecular complexity index is 416. The van der Waals surface area contributed by atoms with E-state index in [0.29, 0.717) is 0 Å². The maximum absolute atomic E-state index is 7.25. The molecule has 0 aliphatic heterocycles. The van der Waals surface area contributed by atoms with Gasteiger partial charge in [-0.05, 0) is 25.0 Å². The smallest absolute Gasteiger partial charge is 0.203 e. The Balaban J connectivity index is 3.12. The Hall–Kier alpha value is -2.04. The molecule has 0 radical (unpaired) electrons. The van der Waals surface area contributed by atoms with E-state index in [2.05, 4.69) is 4.99 Å². The zero-order chi connectivity index (χ0) is 12.3. The molecule has 5 heteroatoms. The van der Waals surface area contributed by atoms with Gasteiger partial charge in [0.1, 0.15) is 0 Å². The van der Waals surface area contributed by atoms with Gasteiger partial charge >= 0.3 is 0 Å². The van der Waals surface area contributed by atoms with Crippen LogP contribution in [-0.4, -0.2) is 23.9 Å². The van der Waals surface area contributed by atoms with Gasteiger partial charge in [-0.1, -0.05) is 18.2 Å². The van der Waals surface area contributed by atoms with E-state index in [0.717, 1.165) is 16.8 Å². The fourth-order valence-corrected chi connectivity index (χ4v) is 1.29. The third-order valence-corrected chi connectivity index (χ3v) is 2.37. The van der Waals surface area contributed by atoms with E-state index in [-0.39, 0.29) is 11.9 Å². The lowest BCUT2D eigenvalue weighted by molar-refractivity contribution is 0.723. The van der Waals surface area contributed by atoms with Crippen LogP contribution in [0.1, 0.15) is 11.1 Å². The largest absolute Gasteiger partial charge is 0.370 e. The zero-order valence-electron chi connectivity index (χ0n) is 9.78. The van der Waals surface area contributed by atoms with E-state index in [1.807, 2.05) is 32.0 Å². The number of benzene rings is 1. The molecule has 0 saturated heterocycles. The van der Waals surface area contributed by atoms with Crippen LogP contribution in [0, 0.1) is 19.3 Å². The minimum absolute atomic E-state index is 0.132. The van der Waals surface area contributed by atoms with Crippen molar-refractivity contribution in [2.24, 2.45) is 16.5 Å². The Morgan fingerprint density at radius 3 is 2.19 bits per heavy atom. The summed E-state index contributed by atoms with van der Waals surface area (Å²) in [5.41, 5.74) is 14.0. The van der Waals surface area contributed by atoms with E-state index in [1.165, 1.54) is 4.90 Å². The second-order valence-electron chi connectivity index (χ2n) is 3.65. The number of hydrogen-bond acceptors (Lipinski definition) is 2. The summed E-state index contributed by atoms with van der Waals surface area (Å²) in [6.45, 7) is 3.93. The van der Waals surface area contributed by atoms with Crippen LogP contribution in [0.25, 0.3) is 0 Å². The average molecular weight is 219 g/mol. The molecule has 0 spiro atoms. The number of nitrogens with one attached hydrogen (secondary N) is 1. The van der Waals surface area contributed by atoms with Crippen molar-refractivity contribution >= 4 is 17.6 Å². The van der Waals surface area contributed by atoms with Gasteiger partial charge < -0.3 is 11.5 Å². The van der Waals surface area contributed by atoms with Crippen LogP contribution in [-0.2, 0) is 0 Å². The van der Waals surface area contributed by atoms with Crippen molar-refractivity contribution in [2.75, 3.05) is 7.05 Å². The van der Waals surface area contributed by atoms with Crippen molar-refractivity contribution in [3.05, 3.63) is 29.3 Å². The van der Waals surface area contributed by atoms with Crippen molar-refractivity contribution in [1.29, 1.82) is 5.41 Å². The first-order valence-electron chi connectivity index (χ1n) is 4.91. The van der Waals surface area contributed by atoms with Crippen LogP contribution in [0.4, 0.5) is 5.69 Å². The Labute approximate surface area is 95.3 Å². The molecule has 5 nitrogen and oxygen atoms in total. The normalized spacial score (nSPS) is 11.3. The van der Waals surface area contributed by atoms with E-state index in [1.54, 1.807) is 7.05 Å². The van der Waals surface area contributed by atoms with E-state index in [4.69, 9.17) is 16.9 Å². The average Bonchev–Trinajstić information content (AvgIpc) is 2.22. The molecule has 0 aromatic heterocycles. The molecule has 0 fully saturated rings. The van der Waals surface area contributed by atoms with Crippen molar-refractivity contribution in [3.8, 4) is 0 Å². The number of guanidine groups is 2. The number of hydrogen-bond donors (Lipinski definition) is 3. The number of rotatable bonds is 1. The quantitative estimate of drug-likeness (QED) is 0.487. The lowest BCUT2D eigenvalue weighted by Gasteiger charge is -2.16. The van der Waals surface area contributed by atoms with Gasteiger partial charge in [0.15, 0.2) is 5.96 Å². The number of nitrogens with two attached hydrogens (primary N) is 2. The first-order valence-corrected chi connectivity index (χ1v) is 4.91. The first kappa shape index (κ1) is 12.0. The fraction of sp³-hybridized carbons (Fsp3) is 0.273. The van der Waals surface area contributed by atoms with Crippen LogP contribution in [0.2, 0.25) is 0 Å². The molecule has 1 rings (SSSR count). The highest BCUT2D eigenvalue weighted by Crippen LogP contribution is 2.22. The predicted molar refractivity (Wildman–Crippen MR) is 66.9 cm³/mol. The summed E-state index contributed by atoms with van der Waals surface area (Å²) >= 11 is 0. The monoisotopic (exact) mass is 219 g/mol. The van der Waals surface area contributed by atoms with Crippen LogP contribution in [0.5, 0.6) is 0 Å². The zero-order valence-corrected chi connectivity index (χ0v) is 9.78. The molecule has 0 amide bonds. The molecule has 1 aromatic carbocycles. The molecule has 0 unspecified atom stereocenters. The van der Waals surface area contributed by atoms with Gasteiger partial charge in [0, 0.05) is 7.05 Å². The summed E-state index contributed by atoms with van der Waals surface area (Å²) in [6.07, 6.45) is 0. The second kappa shape index (κ2) is 4.65. The third kappa shape index (κ3) is 2.50. The van der Waals surface area contributed by atoms with Crippen molar-refractivity contribution in [2.45, 2.75) is 13.8 Å². The lowest BCUT2D eigenvalue weighted by Crippen LogP contribution is -2.42. The molecule has 0 atom stereocenters. The predicted octanol–water partition coefficient (Wildman–Crippen LogP) is 1.07. The molecule has 0 bridgehead atoms. The number of aryl methyl sites for hydroxylation is 2. The summed E-state index contributed by atoms with van der Waals surface area (Å²) in [5.74, 6) is 0.0809. The molecule has 86 valence electrons. The van der Waals surface area contributed by atoms with E-state index < -0.39 is 0 Å². The van der Waals surface area contributed by atoms with Gasteiger partial charge in [0.05, 0.1) is 5.69 Å². The molecule has 0 saturated carbocycles. The lowest BCUT2D eigenvalue weighted by atomic mass is 10.1. The highest BCUT2D eigenvalue weighted by molar-refractivity contribution is 5.96. The molecule has 5 N–H and O–H groups in total. The van der Waals surface area contributed by atoms with Crippen LogP contribution in [0.15, 0.2) is 23.2 Å². The summed E-state index contributed by atoms with van der Waals surface area (Å²) in [4.78, 5) is 5.60. The van der Waals surface area contributed by atoms with Gasteiger partial charge in [-0.15, -0.1) is 0 Å². The highest BCUT2D eigenvalue weighted by Gasteiger charge is 2.06. The topological polar surface area (TPSA) is 91.5 Å². The van der Waals surface area contributed by atoms with Crippen LogP contribution >= 0.6 is 0 Å². The molecular formula is C11H17N5. The van der Waals surface area contributed by atoms with E-state index in [9.17, 15) is 0 Å². The summed E-state index contributed by atoms with van der Waals surface area (Å²) in [5, 5.41) is 7.25.